The molecule has 1 aliphatic carbocycles. The van der Waals surface area contributed by atoms with Gasteiger partial charge < -0.3 is 21.3 Å². The maximum absolute atomic E-state index is 13.2. The van der Waals surface area contributed by atoms with E-state index >= 15 is 0 Å². The summed E-state index contributed by atoms with van der Waals surface area (Å²) in [5.74, 6) is 0.846. The molecule has 36 heavy (non-hydrogen) atoms. The fourth-order valence-electron chi connectivity index (χ4n) is 5.63. The van der Waals surface area contributed by atoms with Crippen LogP contribution in [-0.4, -0.2) is 64.0 Å². The first kappa shape index (κ1) is 26.5. The van der Waals surface area contributed by atoms with Gasteiger partial charge in [0.25, 0.3) is 5.91 Å². The van der Waals surface area contributed by atoms with Gasteiger partial charge in [0, 0.05) is 34.9 Å². The van der Waals surface area contributed by atoms with Crippen molar-refractivity contribution < 1.29 is 19.8 Å². The summed E-state index contributed by atoms with van der Waals surface area (Å²) in [5, 5.41) is 24.4. The zero-order valence-corrected chi connectivity index (χ0v) is 21.6. The van der Waals surface area contributed by atoms with Crippen molar-refractivity contribution in [3.63, 3.8) is 0 Å². The maximum Gasteiger partial charge on any atom is 0.252 e. The molecular weight excluding hydrogens is 474 g/mol. The molecule has 2 amide bonds. The number of piperidine rings is 1. The molecule has 2 aromatic carbocycles. The summed E-state index contributed by atoms with van der Waals surface area (Å²) in [6, 6.07) is 13.7. The Labute approximate surface area is 217 Å². The van der Waals surface area contributed by atoms with Crippen LogP contribution in [0.4, 0.5) is 0 Å². The van der Waals surface area contributed by atoms with Crippen molar-refractivity contribution in [2.24, 2.45) is 17.6 Å². The molecule has 2 fully saturated rings. The van der Waals surface area contributed by atoms with Crippen molar-refractivity contribution in [3.05, 3.63) is 59.7 Å². The van der Waals surface area contributed by atoms with E-state index in [1.54, 1.807) is 36.9 Å². The molecule has 2 aromatic rings. The Morgan fingerprint density at radius 1 is 1.11 bits per heavy atom. The van der Waals surface area contributed by atoms with Crippen molar-refractivity contribution >= 4 is 23.6 Å². The number of fused-ring (bicyclic) bond motifs is 1. The lowest BCUT2D eigenvalue weighted by Crippen LogP contribution is -2.58. The average Bonchev–Trinajstić information content (AvgIpc) is 2.88. The van der Waals surface area contributed by atoms with Gasteiger partial charge in [-0.3, -0.25) is 14.5 Å². The average molecular weight is 512 g/mol. The Morgan fingerprint density at radius 3 is 2.56 bits per heavy atom. The molecule has 1 aliphatic heterocycles. The van der Waals surface area contributed by atoms with Gasteiger partial charge in [0.15, 0.2) is 0 Å². The van der Waals surface area contributed by atoms with Crippen LogP contribution in [0, 0.1) is 18.8 Å². The van der Waals surface area contributed by atoms with Crippen LogP contribution in [-0.2, 0) is 4.79 Å². The Kier molecular flexibility index (Phi) is 8.93. The van der Waals surface area contributed by atoms with Gasteiger partial charge in [0.2, 0.25) is 5.91 Å². The minimum absolute atomic E-state index is 0.0538. The highest BCUT2D eigenvalue weighted by Gasteiger charge is 2.40. The number of carbonyl (C=O) groups is 2. The number of thioether (sulfide) groups is 1. The van der Waals surface area contributed by atoms with E-state index in [0.717, 1.165) is 30.7 Å². The van der Waals surface area contributed by atoms with Crippen molar-refractivity contribution in [2.75, 3.05) is 18.8 Å². The molecule has 0 radical (unpaired) electrons. The van der Waals surface area contributed by atoms with E-state index in [1.165, 1.54) is 12.8 Å². The molecule has 0 spiro atoms. The summed E-state index contributed by atoms with van der Waals surface area (Å²) in [6.07, 6.45) is 4.53. The number of hydrogen-bond donors (Lipinski definition) is 4. The number of aliphatic hydroxyl groups is 1. The van der Waals surface area contributed by atoms with E-state index in [1.807, 2.05) is 35.2 Å². The molecular formula is C28H37N3O4S. The Hall–Kier alpha value is -2.55. The monoisotopic (exact) mass is 511 g/mol. The second-order valence-electron chi connectivity index (χ2n) is 10.1. The third-order valence-electron chi connectivity index (χ3n) is 7.76. The highest BCUT2D eigenvalue weighted by molar-refractivity contribution is 7.99. The highest BCUT2D eigenvalue weighted by atomic mass is 32.2. The number of benzene rings is 2. The molecule has 8 heteroatoms. The largest absolute Gasteiger partial charge is 0.508 e. The molecule has 0 aromatic heterocycles. The fourth-order valence-corrected chi connectivity index (χ4v) is 6.66. The van der Waals surface area contributed by atoms with Crippen molar-refractivity contribution in [1.29, 1.82) is 0 Å². The van der Waals surface area contributed by atoms with Crippen LogP contribution in [0.15, 0.2) is 53.4 Å². The zero-order chi connectivity index (χ0) is 25.7. The van der Waals surface area contributed by atoms with Gasteiger partial charge in [-0.1, -0.05) is 43.5 Å². The first-order chi connectivity index (χ1) is 17.3. The molecule has 4 rings (SSSR count). The zero-order valence-electron chi connectivity index (χ0n) is 20.8. The number of rotatable bonds is 9. The minimum atomic E-state index is -0.898. The van der Waals surface area contributed by atoms with E-state index in [-0.39, 0.29) is 24.1 Å². The number of likely N-dealkylation sites (tertiary alicyclic amines) is 1. The highest BCUT2D eigenvalue weighted by Crippen LogP contribution is 2.38. The van der Waals surface area contributed by atoms with Gasteiger partial charge in [-0.15, -0.1) is 11.8 Å². The smallest absolute Gasteiger partial charge is 0.252 e. The number of amides is 2. The number of phenols is 1. The van der Waals surface area contributed by atoms with Crippen LogP contribution < -0.4 is 11.1 Å². The number of aliphatic hydroxyl groups excluding tert-OH is 1. The van der Waals surface area contributed by atoms with Gasteiger partial charge >= 0.3 is 0 Å². The van der Waals surface area contributed by atoms with Crippen molar-refractivity contribution in [2.45, 2.75) is 62.1 Å². The van der Waals surface area contributed by atoms with E-state index in [4.69, 9.17) is 5.73 Å². The standard InChI is InChI=1S/C28H37N3O4S/c1-18-22(12-7-13-25(18)32)28(35)30-23(17-36-21-10-3-2-4-11-21)26(33)16-31-15-20-9-6-5-8-19(20)14-24(31)27(29)34/h2-4,7,10-13,19-20,23-24,26,32-33H,5-6,8-9,14-17H2,1H3,(H2,29,34)(H,30,35). The fraction of sp³-hybridized carbons (Fsp3) is 0.500. The van der Waals surface area contributed by atoms with Crippen molar-refractivity contribution in [3.8, 4) is 5.75 Å². The molecule has 5 unspecified atom stereocenters. The first-order valence-electron chi connectivity index (χ1n) is 12.8. The maximum atomic E-state index is 13.2. The predicted molar refractivity (Wildman–Crippen MR) is 142 cm³/mol. The predicted octanol–water partition coefficient (Wildman–Crippen LogP) is 3.32. The molecule has 2 aliphatic rings. The normalized spacial score (nSPS) is 23.9. The van der Waals surface area contributed by atoms with Crippen LogP contribution >= 0.6 is 11.8 Å². The number of primary amides is 1. The lowest BCUT2D eigenvalue weighted by Gasteiger charge is -2.46. The van der Waals surface area contributed by atoms with Gasteiger partial charge in [-0.05, 0) is 55.9 Å². The number of hydrogen-bond acceptors (Lipinski definition) is 6. The number of aromatic hydroxyl groups is 1. The van der Waals surface area contributed by atoms with Crippen LogP contribution in [0.5, 0.6) is 5.75 Å². The summed E-state index contributed by atoms with van der Waals surface area (Å²) >= 11 is 1.55. The third-order valence-corrected chi connectivity index (χ3v) is 8.89. The lowest BCUT2D eigenvalue weighted by atomic mass is 9.72. The van der Waals surface area contributed by atoms with Crippen LogP contribution in [0.1, 0.15) is 48.0 Å². The van der Waals surface area contributed by atoms with Gasteiger partial charge in [-0.25, -0.2) is 0 Å². The third kappa shape index (κ3) is 6.41. The molecule has 1 saturated carbocycles. The summed E-state index contributed by atoms with van der Waals surface area (Å²) in [7, 11) is 0. The molecule has 5 N–H and O–H groups in total. The molecule has 1 heterocycles. The molecule has 0 bridgehead atoms. The van der Waals surface area contributed by atoms with Crippen LogP contribution in [0.2, 0.25) is 0 Å². The summed E-state index contributed by atoms with van der Waals surface area (Å²) in [6.45, 7) is 2.70. The van der Waals surface area contributed by atoms with Gasteiger partial charge in [-0.2, -0.15) is 0 Å². The Bertz CT molecular complexity index is 1050. The van der Waals surface area contributed by atoms with E-state index < -0.39 is 18.2 Å². The SMILES string of the molecule is Cc1c(O)cccc1C(=O)NC(CSc1ccccc1)C(O)CN1CC2CCCCC2CC1C(N)=O. The van der Waals surface area contributed by atoms with Crippen LogP contribution in [0.3, 0.4) is 0 Å². The topological polar surface area (TPSA) is 116 Å². The summed E-state index contributed by atoms with van der Waals surface area (Å²) in [5.41, 5.74) is 6.66. The minimum Gasteiger partial charge on any atom is -0.508 e. The Balaban J connectivity index is 1.50. The number of carbonyl (C=O) groups excluding carboxylic acids is 2. The first-order valence-corrected chi connectivity index (χ1v) is 13.8. The van der Waals surface area contributed by atoms with E-state index in [0.29, 0.717) is 28.7 Å². The van der Waals surface area contributed by atoms with Gasteiger partial charge in [0.1, 0.15) is 5.75 Å². The van der Waals surface area contributed by atoms with Crippen LogP contribution in [0.25, 0.3) is 0 Å². The molecule has 194 valence electrons. The Morgan fingerprint density at radius 2 is 1.83 bits per heavy atom. The number of phenolic OH excluding ortho intramolecular Hbond substituents is 1. The second kappa shape index (κ2) is 12.1. The molecule has 5 atom stereocenters. The molecule has 7 nitrogen and oxygen atoms in total. The number of nitrogens with zero attached hydrogens (tertiary/aromatic N) is 1. The van der Waals surface area contributed by atoms with Crippen molar-refractivity contribution in [1.82, 2.24) is 10.2 Å². The summed E-state index contributed by atoms with van der Waals surface area (Å²) in [4.78, 5) is 28.6. The quantitative estimate of drug-likeness (QED) is 0.384. The summed E-state index contributed by atoms with van der Waals surface area (Å²) < 4.78 is 0. The lowest BCUT2D eigenvalue weighted by molar-refractivity contribution is -0.127. The number of nitrogens with one attached hydrogen (secondary N) is 1. The van der Waals surface area contributed by atoms with Gasteiger partial charge in [0.05, 0.1) is 18.2 Å². The molecule has 1 saturated heterocycles. The number of β-amino-alcohol motifs (C(OH)–C–C–N with tert-alkyl or cyclic N) is 1. The van der Waals surface area contributed by atoms with E-state index in [9.17, 15) is 19.8 Å². The number of nitrogens with two attached hydrogens (primary N) is 1. The second-order valence-corrected chi connectivity index (χ2v) is 11.2. The van der Waals surface area contributed by atoms with E-state index in [2.05, 4.69) is 5.32 Å².